The van der Waals surface area contributed by atoms with Gasteiger partial charge >= 0.3 is 5.97 Å². The van der Waals surface area contributed by atoms with E-state index in [9.17, 15) is 14.7 Å². The Morgan fingerprint density at radius 2 is 2.13 bits per heavy atom. The fourth-order valence-corrected chi connectivity index (χ4v) is 5.56. The number of aliphatic hydroxyl groups is 1. The van der Waals surface area contributed by atoms with E-state index in [0.717, 1.165) is 18.4 Å². The number of aliphatic hydroxyl groups excluding tert-OH is 1. The van der Waals surface area contributed by atoms with Gasteiger partial charge in [0.2, 0.25) is 5.91 Å². The summed E-state index contributed by atoms with van der Waals surface area (Å²) in [6.07, 6.45) is 0.797. The molecule has 2 fully saturated rings. The highest BCUT2D eigenvalue weighted by molar-refractivity contribution is 8.04. The highest BCUT2D eigenvalue weighted by Crippen LogP contribution is 2.53. The van der Waals surface area contributed by atoms with Crippen LogP contribution in [0.1, 0.15) is 25.3 Å². The van der Waals surface area contributed by atoms with Crippen molar-refractivity contribution in [3.8, 4) is 5.75 Å². The first-order valence-corrected chi connectivity index (χ1v) is 10.8. The Labute approximate surface area is 179 Å². The fourth-order valence-electron chi connectivity index (χ4n) is 3.94. The number of hydrogen-bond donors (Lipinski definition) is 1. The summed E-state index contributed by atoms with van der Waals surface area (Å²) in [7, 11) is 1.59. The van der Waals surface area contributed by atoms with Crippen molar-refractivity contribution in [2.24, 2.45) is 5.92 Å². The van der Waals surface area contributed by atoms with Gasteiger partial charge in [-0.1, -0.05) is 30.5 Å². The summed E-state index contributed by atoms with van der Waals surface area (Å²) in [6, 6.07) is 7.22. The van der Waals surface area contributed by atoms with Crippen LogP contribution in [0.3, 0.4) is 0 Å². The van der Waals surface area contributed by atoms with E-state index in [0.29, 0.717) is 22.8 Å². The van der Waals surface area contributed by atoms with Crippen LogP contribution in [0.2, 0.25) is 0 Å². The van der Waals surface area contributed by atoms with Crippen molar-refractivity contribution in [2.45, 2.75) is 44.0 Å². The summed E-state index contributed by atoms with van der Waals surface area (Å²) < 4.78 is 16.4. The molecule has 1 unspecified atom stereocenters. The number of rotatable bonds is 7. The van der Waals surface area contributed by atoms with E-state index in [1.807, 2.05) is 12.1 Å². The minimum Gasteiger partial charge on any atom is -0.497 e. The maximum Gasteiger partial charge on any atom is 0.356 e. The lowest BCUT2D eigenvalue weighted by atomic mass is 9.92. The lowest BCUT2D eigenvalue weighted by Crippen LogP contribution is -2.60. The number of fused-ring (bicyclic) bond motifs is 1. The number of esters is 1. The first-order chi connectivity index (χ1) is 14.4. The van der Waals surface area contributed by atoms with E-state index in [2.05, 4.69) is 6.58 Å². The van der Waals surface area contributed by atoms with Gasteiger partial charge in [0.1, 0.15) is 23.4 Å². The molecule has 0 saturated carbocycles. The van der Waals surface area contributed by atoms with Gasteiger partial charge in [0.25, 0.3) is 0 Å². The Morgan fingerprint density at radius 3 is 2.73 bits per heavy atom. The van der Waals surface area contributed by atoms with E-state index >= 15 is 0 Å². The molecule has 0 aliphatic carbocycles. The van der Waals surface area contributed by atoms with Crippen molar-refractivity contribution in [3.63, 3.8) is 0 Å². The van der Waals surface area contributed by atoms with Gasteiger partial charge < -0.3 is 19.3 Å². The molecule has 1 aromatic carbocycles. The van der Waals surface area contributed by atoms with Crippen molar-refractivity contribution in [1.82, 2.24) is 4.90 Å². The normalized spacial score (nSPS) is 26.3. The second-order valence-corrected chi connectivity index (χ2v) is 8.74. The van der Waals surface area contributed by atoms with Crippen molar-refractivity contribution in [1.29, 1.82) is 0 Å². The fraction of sp³-hybridized carbons (Fsp3) is 0.455. The molecule has 0 aromatic heterocycles. The quantitative estimate of drug-likeness (QED) is 0.525. The van der Waals surface area contributed by atoms with Crippen LogP contribution in [-0.4, -0.2) is 53.2 Å². The molecule has 3 aliphatic heterocycles. The number of carbonyl (C=O) groups excluding carboxylic acids is 2. The average Bonchev–Trinajstić information content (AvgIpc) is 3.38. The monoisotopic (exact) mass is 431 g/mol. The van der Waals surface area contributed by atoms with Crippen LogP contribution < -0.4 is 4.74 Å². The molecule has 8 heteroatoms. The minimum absolute atomic E-state index is 0.0726. The first-order valence-electron chi connectivity index (χ1n) is 9.95. The Kier molecular flexibility index (Phi) is 5.90. The molecule has 0 bridgehead atoms. The third kappa shape index (κ3) is 3.64. The van der Waals surface area contributed by atoms with Gasteiger partial charge in [0, 0.05) is 11.5 Å². The molecule has 1 amide bonds. The highest BCUT2D eigenvalue weighted by atomic mass is 32.2. The van der Waals surface area contributed by atoms with Crippen molar-refractivity contribution < 1.29 is 28.9 Å². The number of nitrogens with zero attached hydrogens (tertiary/aromatic N) is 1. The van der Waals surface area contributed by atoms with Crippen LogP contribution in [0.25, 0.3) is 0 Å². The predicted octanol–water partition coefficient (Wildman–Crippen LogP) is 2.60. The molecule has 0 spiro atoms. The molecule has 3 aliphatic rings. The molecule has 30 heavy (non-hydrogen) atoms. The number of ether oxygens (including phenoxy) is 3. The third-order valence-electron chi connectivity index (χ3n) is 5.63. The predicted molar refractivity (Wildman–Crippen MR) is 111 cm³/mol. The van der Waals surface area contributed by atoms with Gasteiger partial charge in [-0.2, -0.15) is 0 Å². The molecule has 7 nitrogen and oxygen atoms in total. The number of β-lactam (4-membered cyclic amide) rings is 1. The minimum atomic E-state index is -0.793. The SMILES string of the molecule is C=C(C1=C(C(=O)OCc2ccc(OC)cc2)N2C(=O)[C@H]([C@@H](C)O)[C@H]2S1)C1CCCO1. The van der Waals surface area contributed by atoms with Gasteiger partial charge in [0.05, 0.1) is 25.2 Å². The van der Waals surface area contributed by atoms with Gasteiger partial charge in [0.15, 0.2) is 0 Å². The molecular formula is C22H25NO6S. The third-order valence-corrected chi connectivity index (χ3v) is 7.07. The summed E-state index contributed by atoms with van der Waals surface area (Å²) in [5.41, 5.74) is 1.71. The Hall–Kier alpha value is -2.29. The second-order valence-electron chi connectivity index (χ2n) is 7.61. The van der Waals surface area contributed by atoms with E-state index in [1.165, 1.54) is 16.7 Å². The lowest BCUT2D eigenvalue weighted by Gasteiger charge is -2.43. The van der Waals surface area contributed by atoms with Crippen LogP contribution in [0.15, 0.2) is 47.0 Å². The van der Waals surface area contributed by atoms with Crippen molar-refractivity contribution in [2.75, 3.05) is 13.7 Å². The number of carbonyl (C=O) groups is 2. The molecule has 4 atom stereocenters. The zero-order valence-electron chi connectivity index (χ0n) is 17.0. The molecule has 3 heterocycles. The van der Waals surface area contributed by atoms with Gasteiger partial charge in [-0.25, -0.2) is 4.79 Å². The molecular weight excluding hydrogens is 406 g/mol. The van der Waals surface area contributed by atoms with Crippen LogP contribution in [0.4, 0.5) is 0 Å². The van der Waals surface area contributed by atoms with E-state index in [-0.39, 0.29) is 29.7 Å². The standard InChI is InChI=1S/C22H25NO6S/c1-12(16-5-4-10-28-16)19-18(23-20(25)17(13(2)24)21(23)30-19)22(26)29-11-14-6-8-15(27-3)9-7-14/h6-9,13,16-17,21,24H,1,4-5,10-11H2,2-3H3/t13-,16?,17+,21-/m1/s1. The van der Waals surface area contributed by atoms with E-state index < -0.39 is 18.0 Å². The highest BCUT2D eigenvalue weighted by Gasteiger charge is 2.58. The average molecular weight is 432 g/mol. The molecule has 2 saturated heterocycles. The van der Waals surface area contributed by atoms with E-state index in [1.54, 1.807) is 26.2 Å². The van der Waals surface area contributed by atoms with Crippen molar-refractivity contribution >= 4 is 23.6 Å². The summed E-state index contributed by atoms with van der Waals surface area (Å²) >= 11 is 1.39. The summed E-state index contributed by atoms with van der Waals surface area (Å²) in [5, 5.41) is 9.67. The van der Waals surface area contributed by atoms with Gasteiger partial charge in [-0.05, 0) is 43.0 Å². The van der Waals surface area contributed by atoms with Crippen LogP contribution >= 0.6 is 11.8 Å². The number of benzene rings is 1. The number of methoxy groups -OCH3 is 1. The van der Waals surface area contributed by atoms with Crippen molar-refractivity contribution in [3.05, 3.63) is 52.6 Å². The van der Waals surface area contributed by atoms with Crippen LogP contribution in [-0.2, 0) is 25.7 Å². The molecule has 0 radical (unpaired) electrons. The second kappa shape index (κ2) is 8.45. The maximum atomic E-state index is 13.0. The zero-order chi connectivity index (χ0) is 21.4. The molecule has 1 N–H and O–H groups in total. The molecule has 4 rings (SSSR count). The van der Waals surface area contributed by atoms with E-state index in [4.69, 9.17) is 14.2 Å². The maximum absolute atomic E-state index is 13.0. The summed E-state index contributed by atoms with van der Waals surface area (Å²) in [6.45, 7) is 6.47. The van der Waals surface area contributed by atoms with Crippen LogP contribution in [0, 0.1) is 5.92 Å². The topological polar surface area (TPSA) is 85.3 Å². The number of thioether (sulfide) groups is 1. The lowest BCUT2D eigenvalue weighted by molar-refractivity contribution is -0.158. The van der Waals surface area contributed by atoms with Gasteiger partial charge in [-0.15, -0.1) is 0 Å². The Bertz CT molecular complexity index is 887. The Balaban J connectivity index is 1.55. The molecule has 160 valence electrons. The molecule has 1 aromatic rings. The van der Waals surface area contributed by atoms with Gasteiger partial charge in [-0.3, -0.25) is 9.69 Å². The number of hydrogen-bond acceptors (Lipinski definition) is 7. The van der Waals surface area contributed by atoms with Crippen LogP contribution in [0.5, 0.6) is 5.75 Å². The zero-order valence-corrected chi connectivity index (χ0v) is 17.8. The summed E-state index contributed by atoms with van der Waals surface area (Å²) in [4.78, 5) is 27.8. The number of amides is 1. The smallest absolute Gasteiger partial charge is 0.356 e. The summed E-state index contributed by atoms with van der Waals surface area (Å²) in [5.74, 6) is -0.677. The first kappa shape index (κ1) is 21.0. The largest absolute Gasteiger partial charge is 0.497 e. The Morgan fingerprint density at radius 1 is 1.40 bits per heavy atom.